The fourth-order valence-corrected chi connectivity index (χ4v) is 0.708. The highest BCUT2D eigenvalue weighted by molar-refractivity contribution is 5.63. The molecule has 5 heteroatoms. The second kappa shape index (κ2) is 4.05. The van der Waals surface area contributed by atoms with Gasteiger partial charge in [-0.05, 0) is 6.92 Å². The maximum absolute atomic E-state index is 10.2. The topological polar surface area (TPSA) is 98.2 Å². The summed E-state index contributed by atoms with van der Waals surface area (Å²) in [6, 6.07) is -0.590. The van der Waals surface area contributed by atoms with Crippen LogP contribution >= 0.6 is 0 Å². The Balaban J connectivity index is 3.87. The predicted octanol–water partition coefficient (Wildman–Crippen LogP) is -1.68. The van der Waals surface area contributed by atoms with Gasteiger partial charge in [-0.2, -0.15) is 0 Å². The molecule has 1 amide bonds. The first-order chi connectivity index (χ1) is 4.99. The lowest BCUT2D eigenvalue weighted by Crippen LogP contribution is -2.51. The highest BCUT2D eigenvalue weighted by atomic mass is 16.1. The van der Waals surface area contributed by atoms with E-state index < -0.39 is 11.7 Å². The Labute approximate surface area is 65.1 Å². The first-order valence-electron chi connectivity index (χ1n) is 3.22. The molecule has 0 radical (unpaired) electrons. The van der Waals surface area contributed by atoms with Gasteiger partial charge in [0.25, 0.3) is 0 Å². The van der Waals surface area contributed by atoms with Gasteiger partial charge in [-0.1, -0.05) is 0 Å². The van der Waals surface area contributed by atoms with Crippen LogP contribution in [-0.4, -0.2) is 24.4 Å². The van der Waals surface area contributed by atoms with Gasteiger partial charge in [-0.3, -0.25) is 4.79 Å². The molecule has 0 aromatic rings. The molecule has 0 heterocycles. The van der Waals surface area contributed by atoms with E-state index in [0.717, 1.165) is 0 Å². The second-order valence-corrected chi connectivity index (χ2v) is 2.74. The van der Waals surface area contributed by atoms with Crippen molar-refractivity contribution in [2.45, 2.75) is 25.0 Å². The number of hydrogen-bond acceptors (Lipinski definition) is 4. The molecule has 11 heavy (non-hydrogen) atoms. The van der Waals surface area contributed by atoms with Crippen LogP contribution in [-0.2, 0) is 9.59 Å². The molecule has 0 rings (SSSR count). The molecule has 0 aromatic heterocycles. The van der Waals surface area contributed by atoms with Gasteiger partial charge in [0.05, 0.1) is 11.7 Å². The van der Waals surface area contributed by atoms with Crippen molar-refractivity contribution in [2.24, 2.45) is 11.5 Å². The molecule has 0 aromatic carbocycles. The third-order valence-corrected chi connectivity index (χ3v) is 1.11. The van der Waals surface area contributed by atoms with Crippen LogP contribution in [0.3, 0.4) is 0 Å². The molecule has 0 bridgehead atoms. The Hall–Kier alpha value is -0.940. The molecule has 5 N–H and O–H groups in total. The third kappa shape index (κ3) is 5.50. The van der Waals surface area contributed by atoms with E-state index in [9.17, 15) is 9.59 Å². The number of rotatable bonds is 5. The average Bonchev–Trinajstić information content (AvgIpc) is 1.84. The van der Waals surface area contributed by atoms with Gasteiger partial charge in [0.1, 0.15) is 6.29 Å². The Morgan fingerprint density at radius 3 is 2.36 bits per heavy atom. The fourth-order valence-electron chi connectivity index (χ4n) is 0.708. The number of amides is 1. The number of carbonyl (C=O) groups excluding carboxylic acids is 2. The normalized spacial score (nSPS) is 13.7. The number of carbonyl (C=O) groups is 2. The molecule has 0 fully saturated rings. The van der Waals surface area contributed by atoms with E-state index >= 15 is 0 Å². The van der Waals surface area contributed by atoms with Crippen LogP contribution in [0.4, 0.5) is 0 Å². The molecule has 0 spiro atoms. The van der Waals surface area contributed by atoms with Gasteiger partial charge in [0.15, 0.2) is 0 Å². The molecular weight excluding hydrogens is 146 g/mol. The van der Waals surface area contributed by atoms with Crippen molar-refractivity contribution in [3.8, 4) is 0 Å². The summed E-state index contributed by atoms with van der Waals surface area (Å²) in [5.74, 6) is 0. The predicted molar refractivity (Wildman–Crippen MR) is 40.4 cm³/mol. The summed E-state index contributed by atoms with van der Waals surface area (Å²) in [5.41, 5.74) is 9.88. The van der Waals surface area contributed by atoms with Crippen molar-refractivity contribution in [1.29, 1.82) is 0 Å². The molecule has 5 nitrogen and oxygen atoms in total. The van der Waals surface area contributed by atoms with Crippen molar-refractivity contribution in [3.05, 3.63) is 0 Å². The zero-order valence-corrected chi connectivity index (χ0v) is 6.41. The minimum absolute atomic E-state index is 0.231. The van der Waals surface area contributed by atoms with Crippen molar-refractivity contribution in [1.82, 2.24) is 5.32 Å². The maximum atomic E-state index is 10.2. The van der Waals surface area contributed by atoms with E-state index in [2.05, 4.69) is 5.32 Å². The Kier molecular flexibility index (Phi) is 3.70. The molecule has 0 aliphatic heterocycles. The van der Waals surface area contributed by atoms with Crippen LogP contribution in [0, 0.1) is 0 Å². The maximum Gasteiger partial charge on any atom is 0.207 e. The largest absolute Gasteiger partial charge is 0.349 e. The first kappa shape index (κ1) is 10.1. The zero-order chi connectivity index (χ0) is 8.91. The van der Waals surface area contributed by atoms with E-state index in [1.165, 1.54) is 0 Å². The first-order valence-corrected chi connectivity index (χ1v) is 3.22. The van der Waals surface area contributed by atoms with Crippen LogP contribution in [0.1, 0.15) is 13.3 Å². The van der Waals surface area contributed by atoms with E-state index in [0.29, 0.717) is 12.7 Å². The quantitative estimate of drug-likeness (QED) is 0.330. The number of nitrogens with two attached hydrogens (primary N) is 2. The van der Waals surface area contributed by atoms with Gasteiger partial charge in [0, 0.05) is 6.42 Å². The standard InChI is InChI=1S/C6H13N3O2/c1-6(7,8)2-5(3-10)9-4-11/h3-5H,2,7-8H2,1H3,(H,9,11). The second-order valence-electron chi connectivity index (χ2n) is 2.74. The molecule has 1 unspecified atom stereocenters. The number of nitrogens with one attached hydrogen (secondary N) is 1. The monoisotopic (exact) mass is 159 g/mol. The summed E-state index contributed by atoms with van der Waals surface area (Å²) in [4.78, 5) is 20.1. The van der Waals surface area contributed by atoms with Gasteiger partial charge < -0.3 is 21.6 Å². The smallest absolute Gasteiger partial charge is 0.207 e. The minimum Gasteiger partial charge on any atom is -0.349 e. The lowest BCUT2D eigenvalue weighted by atomic mass is 10.1. The highest BCUT2D eigenvalue weighted by Crippen LogP contribution is 1.98. The summed E-state index contributed by atoms with van der Waals surface area (Å²) in [6.07, 6.45) is 1.28. The van der Waals surface area contributed by atoms with Crippen molar-refractivity contribution >= 4 is 12.7 Å². The van der Waals surface area contributed by atoms with E-state index in [-0.39, 0.29) is 6.42 Å². The average molecular weight is 159 g/mol. The summed E-state index contributed by atoms with van der Waals surface area (Å²) >= 11 is 0. The third-order valence-electron chi connectivity index (χ3n) is 1.11. The van der Waals surface area contributed by atoms with E-state index in [1.807, 2.05) is 0 Å². The zero-order valence-electron chi connectivity index (χ0n) is 6.41. The Morgan fingerprint density at radius 2 is 2.09 bits per heavy atom. The summed E-state index contributed by atoms with van der Waals surface area (Å²) in [5, 5.41) is 2.28. The summed E-state index contributed by atoms with van der Waals surface area (Å²) in [7, 11) is 0. The van der Waals surface area contributed by atoms with Gasteiger partial charge in [-0.15, -0.1) is 0 Å². The van der Waals surface area contributed by atoms with Crippen LogP contribution in [0.5, 0.6) is 0 Å². The Bertz CT molecular complexity index is 141. The van der Waals surface area contributed by atoms with Gasteiger partial charge in [-0.25, -0.2) is 0 Å². The SMILES string of the molecule is CC(N)(N)CC(C=O)NC=O. The molecule has 0 aliphatic rings. The molecule has 0 saturated carbocycles. The summed E-state index contributed by atoms with van der Waals surface area (Å²) in [6.45, 7) is 1.58. The lowest BCUT2D eigenvalue weighted by Gasteiger charge is -2.21. The summed E-state index contributed by atoms with van der Waals surface area (Å²) < 4.78 is 0. The number of hydrogen-bond donors (Lipinski definition) is 3. The van der Waals surface area contributed by atoms with Crippen LogP contribution in [0.2, 0.25) is 0 Å². The molecule has 0 aliphatic carbocycles. The number of aldehydes is 1. The van der Waals surface area contributed by atoms with Crippen molar-refractivity contribution in [2.75, 3.05) is 0 Å². The molecular formula is C6H13N3O2. The highest BCUT2D eigenvalue weighted by Gasteiger charge is 2.17. The van der Waals surface area contributed by atoms with Gasteiger partial charge >= 0.3 is 0 Å². The minimum atomic E-state index is -0.929. The molecule has 64 valence electrons. The van der Waals surface area contributed by atoms with Crippen LogP contribution in [0.15, 0.2) is 0 Å². The lowest BCUT2D eigenvalue weighted by molar-refractivity contribution is -0.115. The van der Waals surface area contributed by atoms with E-state index in [4.69, 9.17) is 11.5 Å². The van der Waals surface area contributed by atoms with Crippen molar-refractivity contribution < 1.29 is 9.59 Å². The van der Waals surface area contributed by atoms with Gasteiger partial charge in [0.2, 0.25) is 6.41 Å². The molecule has 1 atom stereocenters. The van der Waals surface area contributed by atoms with Crippen LogP contribution in [0.25, 0.3) is 0 Å². The van der Waals surface area contributed by atoms with Crippen LogP contribution < -0.4 is 16.8 Å². The fraction of sp³-hybridized carbons (Fsp3) is 0.667. The van der Waals surface area contributed by atoms with E-state index in [1.54, 1.807) is 6.92 Å². The Morgan fingerprint density at radius 1 is 1.55 bits per heavy atom. The molecule has 0 saturated heterocycles. The van der Waals surface area contributed by atoms with Crippen molar-refractivity contribution in [3.63, 3.8) is 0 Å².